The van der Waals surface area contributed by atoms with Crippen molar-refractivity contribution in [3.05, 3.63) is 29.3 Å². The largest absolute Gasteiger partial charge is 0.351 e. The van der Waals surface area contributed by atoms with E-state index in [-0.39, 0.29) is 24.4 Å². The molecule has 2 N–H and O–H groups in total. The Kier molecular flexibility index (Phi) is 6.86. The second kappa shape index (κ2) is 7.89. The van der Waals surface area contributed by atoms with Crippen molar-refractivity contribution in [2.24, 2.45) is 0 Å². The summed E-state index contributed by atoms with van der Waals surface area (Å²) < 4.78 is 0. The Morgan fingerprint density at radius 2 is 2.28 bits per heavy atom. The number of hydrogen-bond acceptors (Lipinski definition) is 3. The highest BCUT2D eigenvalue weighted by molar-refractivity contribution is 8.00. The zero-order chi connectivity index (χ0) is 12.1. The molecule has 0 aliphatic carbocycles. The fourth-order valence-corrected chi connectivity index (χ4v) is 2.80. The van der Waals surface area contributed by atoms with E-state index in [0.29, 0.717) is 10.8 Å². The van der Waals surface area contributed by atoms with Crippen molar-refractivity contribution in [2.45, 2.75) is 17.4 Å². The van der Waals surface area contributed by atoms with Crippen LogP contribution in [0.15, 0.2) is 29.2 Å². The molecular formula is C12H16Cl2N2OS. The van der Waals surface area contributed by atoms with E-state index in [0.717, 1.165) is 24.4 Å². The summed E-state index contributed by atoms with van der Waals surface area (Å²) in [5.74, 6) is 0.490. The van der Waals surface area contributed by atoms with Crippen molar-refractivity contribution in [3.8, 4) is 0 Å². The molecule has 1 heterocycles. The number of thioether (sulfide) groups is 1. The SMILES string of the molecule is Cl.O=C(CSc1ccccc1Cl)NC1CCNC1. The van der Waals surface area contributed by atoms with Gasteiger partial charge in [-0.05, 0) is 25.1 Å². The molecule has 1 fully saturated rings. The van der Waals surface area contributed by atoms with Crippen molar-refractivity contribution in [1.29, 1.82) is 0 Å². The zero-order valence-electron chi connectivity index (χ0n) is 9.82. The van der Waals surface area contributed by atoms with E-state index in [9.17, 15) is 4.79 Å². The van der Waals surface area contributed by atoms with Crippen LogP contribution in [0.25, 0.3) is 0 Å². The molecule has 1 atom stereocenters. The van der Waals surface area contributed by atoms with E-state index >= 15 is 0 Å². The third-order valence-corrected chi connectivity index (χ3v) is 4.14. The quantitative estimate of drug-likeness (QED) is 0.839. The molecule has 18 heavy (non-hydrogen) atoms. The highest BCUT2D eigenvalue weighted by atomic mass is 35.5. The van der Waals surface area contributed by atoms with Gasteiger partial charge < -0.3 is 10.6 Å². The number of hydrogen-bond donors (Lipinski definition) is 2. The predicted molar refractivity (Wildman–Crippen MR) is 78.8 cm³/mol. The summed E-state index contributed by atoms with van der Waals surface area (Å²) in [5, 5.41) is 6.92. The summed E-state index contributed by atoms with van der Waals surface area (Å²) in [5.41, 5.74) is 0. The van der Waals surface area contributed by atoms with Crippen LogP contribution in [0.1, 0.15) is 6.42 Å². The average Bonchev–Trinajstić information content (AvgIpc) is 2.81. The van der Waals surface area contributed by atoms with Crippen LogP contribution in [0, 0.1) is 0 Å². The van der Waals surface area contributed by atoms with Crippen molar-refractivity contribution >= 4 is 41.7 Å². The highest BCUT2D eigenvalue weighted by Crippen LogP contribution is 2.26. The van der Waals surface area contributed by atoms with Gasteiger partial charge in [-0.3, -0.25) is 4.79 Å². The number of nitrogens with one attached hydrogen (secondary N) is 2. The summed E-state index contributed by atoms with van der Waals surface area (Å²) in [4.78, 5) is 12.6. The molecular weight excluding hydrogens is 291 g/mol. The normalized spacial score (nSPS) is 18.2. The van der Waals surface area contributed by atoms with E-state index in [1.54, 1.807) is 0 Å². The summed E-state index contributed by atoms with van der Waals surface area (Å²) in [6.45, 7) is 1.87. The van der Waals surface area contributed by atoms with E-state index in [1.165, 1.54) is 11.8 Å². The van der Waals surface area contributed by atoms with Crippen LogP contribution in [0.4, 0.5) is 0 Å². The second-order valence-electron chi connectivity index (χ2n) is 3.98. The van der Waals surface area contributed by atoms with Crippen LogP contribution in [0.2, 0.25) is 5.02 Å². The first-order valence-electron chi connectivity index (χ1n) is 5.63. The number of carbonyl (C=O) groups excluding carboxylic acids is 1. The standard InChI is InChI=1S/C12H15ClN2OS.ClH/c13-10-3-1-2-4-11(10)17-8-12(16)15-9-5-6-14-7-9;/h1-4,9,14H,5-8H2,(H,15,16);1H. The van der Waals surface area contributed by atoms with Gasteiger partial charge in [0.2, 0.25) is 5.91 Å². The fourth-order valence-electron chi connectivity index (χ4n) is 1.75. The maximum absolute atomic E-state index is 11.7. The van der Waals surface area contributed by atoms with Crippen molar-refractivity contribution in [3.63, 3.8) is 0 Å². The molecule has 1 aliphatic rings. The van der Waals surface area contributed by atoms with Gasteiger partial charge in [0.25, 0.3) is 0 Å². The first-order chi connectivity index (χ1) is 8.25. The van der Waals surface area contributed by atoms with Gasteiger partial charge in [0, 0.05) is 17.5 Å². The van der Waals surface area contributed by atoms with Crippen molar-refractivity contribution in [1.82, 2.24) is 10.6 Å². The minimum Gasteiger partial charge on any atom is -0.351 e. The molecule has 100 valence electrons. The molecule has 6 heteroatoms. The highest BCUT2D eigenvalue weighted by Gasteiger charge is 2.16. The second-order valence-corrected chi connectivity index (χ2v) is 5.40. The summed E-state index contributed by atoms with van der Waals surface area (Å²) in [6, 6.07) is 7.86. The topological polar surface area (TPSA) is 41.1 Å². The third kappa shape index (κ3) is 4.69. The Hall–Kier alpha value is -0.420. The molecule has 0 aromatic heterocycles. The third-order valence-electron chi connectivity index (χ3n) is 2.62. The van der Waals surface area contributed by atoms with E-state index in [4.69, 9.17) is 11.6 Å². The van der Waals surface area contributed by atoms with Gasteiger partial charge in [0.05, 0.1) is 10.8 Å². The minimum absolute atomic E-state index is 0. The van der Waals surface area contributed by atoms with Crippen LogP contribution in [-0.2, 0) is 4.79 Å². The van der Waals surface area contributed by atoms with Crippen LogP contribution < -0.4 is 10.6 Å². The van der Waals surface area contributed by atoms with Gasteiger partial charge in [0.1, 0.15) is 0 Å². The van der Waals surface area contributed by atoms with Crippen molar-refractivity contribution in [2.75, 3.05) is 18.8 Å². The van der Waals surface area contributed by atoms with Crippen LogP contribution in [0.3, 0.4) is 0 Å². The zero-order valence-corrected chi connectivity index (χ0v) is 12.2. The van der Waals surface area contributed by atoms with Gasteiger partial charge in [-0.15, -0.1) is 24.2 Å². The number of halogens is 2. The molecule has 1 amide bonds. The summed E-state index contributed by atoms with van der Waals surface area (Å²) in [7, 11) is 0. The molecule has 0 radical (unpaired) electrons. The fraction of sp³-hybridized carbons (Fsp3) is 0.417. The van der Waals surface area contributed by atoms with Crippen LogP contribution in [-0.4, -0.2) is 30.8 Å². The van der Waals surface area contributed by atoms with E-state index in [2.05, 4.69) is 10.6 Å². The Balaban J connectivity index is 0.00000162. The van der Waals surface area contributed by atoms with Gasteiger partial charge in [-0.2, -0.15) is 0 Å². The Labute approximate surface area is 122 Å². The number of carbonyl (C=O) groups is 1. The smallest absolute Gasteiger partial charge is 0.230 e. The molecule has 2 rings (SSSR count). The maximum atomic E-state index is 11.7. The van der Waals surface area contributed by atoms with Crippen LogP contribution in [0.5, 0.6) is 0 Å². The predicted octanol–water partition coefficient (Wildman–Crippen LogP) is 2.33. The molecule has 1 saturated heterocycles. The summed E-state index contributed by atoms with van der Waals surface area (Å²) in [6.07, 6.45) is 1.02. The Morgan fingerprint density at radius 3 is 2.94 bits per heavy atom. The molecule has 0 bridgehead atoms. The number of rotatable bonds is 4. The first-order valence-corrected chi connectivity index (χ1v) is 6.99. The molecule has 1 aliphatic heterocycles. The average molecular weight is 307 g/mol. The molecule has 3 nitrogen and oxygen atoms in total. The molecule has 1 unspecified atom stereocenters. The molecule has 0 spiro atoms. The lowest BCUT2D eigenvalue weighted by atomic mass is 10.3. The number of amides is 1. The summed E-state index contributed by atoms with van der Waals surface area (Å²) >= 11 is 7.49. The van der Waals surface area contributed by atoms with Gasteiger partial charge in [-0.1, -0.05) is 23.7 Å². The number of benzene rings is 1. The molecule has 1 aromatic rings. The lowest BCUT2D eigenvalue weighted by molar-refractivity contribution is -0.119. The lowest BCUT2D eigenvalue weighted by Gasteiger charge is -2.11. The van der Waals surface area contributed by atoms with E-state index in [1.807, 2.05) is 24.3 Å². The van der Waals surface area contributed by atoms with Gasteiger partial charge in [0.15, 0.2) is 0 Å². The Bertz CT molecular complexity index is 397. The minimum atomic E-state index is 0. The van der Waals surface area contributed by atoms with Crippen LogP contribution >= 0.6 is 35.8 Å². The van der Waals surface area contributed by atoms with E-state index < -0.39 is 0 Å². The first kappa shape index (κ1) is 15.6. The molecule has 0 saturated carbocycles. The van der Waals surface area contributed by atoms with Gasteiger partial charge >= 0.3 is 0 Å². The van der Waals surface area contributed by atoms with Crippen molar-refractivity contribution < 1.29 is 4.79 Å². The monoisotopic (exact) mass is 306 g/mol. The lowest BCUT2D eigenvalue weighted by Crippen LogP contribution is -2.37. The Morgan fingerprint density at radius 1 is 1.50 bits per heavy atom. The van der Waals surface area contributed by atoms with Gasteiger partial charge in [-0.25, -0.2) is 0 Å². The molecule has 1 aromatic carbocycles. The maximum Gasteiger partial charge on any atom is 0.230 e.